The monoisotopic (exact) mass is 323 g/mol. The van der Waals surface area contributed by atoms with Crippen LogP contribution in [0.1, 0.15) is 11.4 Å². The average Bonchev–Trinajstić information content (AvgIpc) is 2.97. The van der Waals surface area contributed by atoms with Crippen LogP contribution in [0.5, 0.6) is 0 Å². The molecule has 2 aromatic heterocycles. The first-order chi connectivity index (χ1) is 11.2. The number of benzene rings is 2. The Hall–Kier alpha value is -2.78. The van der Waals surface area contributed by atoms with Crippen LogP contribution in [-0.4, -0.2) is 9.97 Å². The predicted molar refractivity (Wildman–Crippen MR) is 89.1 cm³/mol. The molecule has 0 aliphatic carbocycles. The first kappa shape index (κ1) is 13.9. The highest BCUT2D eigenvalue weighted by atomic mass is 32.1. The van der Waals surface area contributed by atoms with Gasteiger partial charge >= 0.3 is 0 Å². The zero-order valence-electron chi connectivity index (χ0n) is 11.9. The zero-order chi connectivity index (χ0) is 16.0. The van der Waals surface area contributed by atoms with Gasteiger partial charge < -0.3 is 4.98 Å². The summed E-state index contributed by atoms with van der Waals surface area (Å²) in [5, 5.41) is 12.2. The van der Waals surface area contributed by atoms with Crippen LogP contribution in [0.25, 0.3) is 31.8 Å². The van der Waals surface area contributed by atoms with Crippen LogP contribution < -0.4 is 5.56 Å². The normalized spacial score (nSPS) is 11.3. The third-order valence-electron chi connectivity index (χ3n) is 3.83. The van der Waals surface area contributed by atoms with Gasteiger partial charge in [0.15, 0.2) is 0 Å². The van der Waals surface area contributed by atoms with Gasteiger partial charge in [0.2, 0.25) is 0 Å². The Balaban J connectivity index is 2.22. The van der Waals surface area contributed by atoms with E-state index in [0.29, 0.717) is 23.6 Å². The second-order valence-corrected chi connectivity index (χ2v) is 6.31. The maximum absolute atomic E-state index is 13.7. The number of aryl methyl sites for hydroxylation is 1. The maximum atomic E-state index is 13.7. The number of nitriles is 1. The van der Waals surface area contributed by atoms with Crippen molar-refractivity contribution in [1.29, 1.82) is 5.26 Å². The third-order valence-corrected chi connectivity index (χ3v) is 4.98. The zero-order valence-corrected chi connectivity index (χ0v) is 12.7. The highest BCUT2D eigenvalue weighted by Crippen LogP contribution is 2.36. The van der Waals surface area contributed by atoms with Crippen LogP contribution in [0.2, 0.25) is 0 Å². The second-order valence-electron chi connectivity index (χ2n) is 5.23. The summed E-state index contributed by atoms with van der Waals surface area (Å²) in [6, 6.07) is 8.34. The number of nitrogens with one attached hydrogen (secondary N) is 1. The summed E-state index contributed by atoms with van der Waals surface area (Å²) in [6.07, 6.45) is 2.55. The molecule has 112 valence electrons. The lowest BCUT2D eigenvalue weighted by Crippen LogP contribution is -2.05. The van der Waals surface area contributed by atoms with Gasteiger partial charge in [0.25, 0.3) is 5.56 Å². The van der Waals surface area contributed by atoms with Crippen LogP contribution in [0.3, 0.4) is 0 Å². The summed E-state index contributed by atoms with van der Waals surface area (Å²) in [7, 11) is 0. The molecule has 4 rings (SSSR count). The number of hydrogen-bond acceptors (Lipinski definition) is 4. The van der Waals surface area contributed by atoms with Crippen molar-refractivity contribution in [3.63, 3.8) is 0 Å². The van der Waals surface area contributed by atoms with E-state index in [-0.39, 0.29) is 11.4 Å². The number of halogens is 1. The number of pyridine rings is 1. The fourth-order valence-corrected chi connectivity index (χ4v) is 3.97. The summed E-state index contributed by atoms with van der Waals surface area (Å²) in [4.78, 5) is 19.6. The summed E-state index contributed by atoms with van der Waals surface area (Å²) in [5.41, 5.74) is 0.517. The number of aromatic nitrogens is 2. The molecule has 0 spiro atoms. The van der Waals surface area contributed by atoms with Gasteiger partial charge in [0, 0.05) is 35.2 Å². The largest absolute Gasteiger partial charge is 0.329 e. The smallest absolute Gasteiger partial charge is 0.256 e. The van der Waals surface area contributed by atoms with Crippen LogP contribution in [0.15, 0.2) is 35.3 Å². The average molecular weight is 323 g/mol. The molecule has 0 saturated heterocycles. The number of fused-ring (bicyclic) bond motifs is 6. The Morgan fingerprint density at radius 3 is 2.96 bits per heavy atom. The number of nitrogens with zero attached hydrogens (tertiary/aromatic N) is 2. The molecule has 4 nitrogen and oxygen atoms in total. The van der Waals surface area contributed by atoms with E-state index in [0.717, 1.165) is 26.0 Å². The maximum Gasteiger partial charge on any atom is 0.256 e. The van der Waals surface area contributed by atoms with Crippen molar-refractivity contribution >= 4 is 43.1 Å². The van der Waals surface area contributed by atoms with Crippen molar-refractivity contribution in [3.8, 4) is 6.07 Å². The molecule has 0 aliphatic heterocycles. The highest BCUT2D eigenvalue weighted by Gasteiger charge is 2.15. The predicted octanol–water partition coefficient (Wildman–Crippen LogP) is 3.89. The van der Waals surface area contributed by atoms with Gasteiger partial charge in [-0.3, -0.25) is 4.79 Å². The summed E-state index contributed by atoms with van der Waals surface area (Å²) in [5.74, 6) is -0.388. The van der Waals surface area contributed by atoms with E-state index in [1.54, 1.807) is 12.3 Å². The Morgan fingerprint density at radius 1 is 1.26 bits per heavy atom. The number of H-pyrrole nitrogens is 1. The van der Waals surface area contributed by atoms with Crippen LogP contribution in [0, 0.1) is 17.1 Å². The lowest BCUT2D eigenvalue weighted by atomic mass is 10.0. The Morgan fingerprint density at radius 2 is 2.13 bits per heavy atom. The van der Waals surface area contributed by atoms with Gasteiger partial charge in [-0.15, -0.1) is 11.3 Å². The van der Waals surface area contributed by atoms with E-state index >= 15 is 0 Å². The Kier molecular flexibility index (Phi) is 3.10. The molecule has 0 amide bonds. The van der Waals surface area contributed by atoms with Crippen molar-refractivity contribution in [3.05, 3.63) is 51.6 Å². The fourth-order valence-electron chi connectivity index (χ4n) is 2.86. The molecule has 4 aromatic rings. The minimum atomic E-state index is -0.388. The molecule has 1 N–H and O–H groups in total. The molecule has 23 heavy (non-hydrogen) atoms. The lowest BCUT2D eigenvalue weighted by Gasteiger charge is -2.05. The molecule has 0 saturated carbocycles. The molecule has 6 heteroatoms. The van der Waals surface area contributed by atoms with E-state index in [9.17, 15) is 9.18 Å². The number of aromatic amines is 1. The summed E-state index contributed by atoms with van der Waals surface area (Å²) >= 11 is 1.49. The van der Waals surface area contributed by atoms with Gasteiger partial charge in [-0.1, -0.05) is 0 Å². The number of thiazole rings is 1. The van der Waals surface area contributed by atoms with E-state index in [4.69, 9.17) is 5.26 Å². The standard InChI is InChI=1S/C17H10FN3OS/c18-9-3-4-10-12(8-9)14-11(5-7-20-17(14)22)16-15(10)21-13(23-16)2-1-6-19/h3-5,7-8H,1-2H2,(H,20,22). The van der Waals surface area contributed by atoms with Crippen molar-refractivity contribution in [1.82, 2.24) is 9.97 Å². The fraction of sp³-hybridized carbons (Fsp3) is 0.118. The van der Waals surface area contributed by atoms with Crippen LogP contribution in [0.4, 0.5) is 4.39 Å². The lowest BCUT2D eigenvalue weighted by molar-refractivity contribution is 0.630. The summed E-state index contributed by atoms with van der Waals surface area (Å²) in [6.45, 7) is 0. The molecule has 0 radical (unpaired) electrons. The van der Waals surface area contributed by atoms with Gasteiger partial charge in [-0.2, -0.15) is 5.26 Å². The topological polar surface area (TPSA) is 69.5 Å². The third kappa shape index (κ3) is 2.09. The molecule has 0 unspecified atom stereocenters. The quantitative estimate of drug-likeness (QED) is 0.569. The molecular formula is C17H10FN3OS. The van der Waals surface area contributed by atoms with E-state index in [1.807, 2.05) is 6.07 Å². The number of hydrogen-bond donors (Lipinski definition) is 1. The SMILES string of the molecule is N#CCCc1nc2c3ccc(F)cc3c3c(=O)[nH]ccc3c2s1. The van der Waals surface area contributed by atoms with Gasteiger partial charge in [-0.25, -0.2) is 9.37 Å². The first-order valence-corrected chi connectivity index (χ1v) is 7.89. The minimum absolute atomic E-state index is 0.244. The van der Waals surface area contributed by atoms with Crippen LogP contribution >= 0.6 is 11.3 Å². The molecule has 0 atom stereocenters. The van der Waals surface area contributed by atoms with Crippen molar-refractivity contribution in [2.75, 3.05) is 0 Å². The van der Waals surface area contributed by atoms with E-state index < -0.39 is 0 Å². The Labute approximate surface area is 133 Å². The molecule has 2 aromatic carbocycles. The van der Waals surface area contributed by atoms with Gasteiger partial charge in [0.05, 0.1) is 26.7 Å². The number of rotatable bonds is 2. The highest BCUT2D eigenvalue weighted by molar-refractivity contribution is 7.19. The van der Waals surface area contributed by atoms with Gasteiger partial charge in [-0.05, 0) is 24.3 Å². The first-order valence-electron chi connectivity index (χ1n) is 7.08. The molecule has 2 heterocycles. The van der Waals surface area contributed by atoms with Gasteiger partial charge in [0.1, 0.15) is 5.82 Å². The molecule has 0 aliphatic rings. The molecule has 0 fully saturated rings. The van der Waals surface area contributed by atoms with Crippen LogP contribution in [-0.2, 0) is 6.42 Å². The minimum Gasteiger partial charge on any atom is -0.329 e. The van der Waals surface area contributed by atoms with Crippen molar-refractivity contribution < 1.29 is 4.39 Å². The van der Waals surface area contributed by atoms with E-state index in [2.05, 4.69) is 16.0 Å². The molecule has 0 bridgehead atoms. The molecular weight excluding hydrogens is 313 g/mol. The summed E-state index contributed by atoms with van der Waals surface area (Å²) < 4.78 is 14.6. The Bertz CT molecular complexity index is 1170. The van der Waals surface area contributed by atoms with E-state index in [1.165, 1.54) is 23.5 Å². The second kappa shape index (κ2) is 5.14. The van der Waals surface area contributed by atoms with Crippen molar-refractivity contribution in [2.45, 2.75) is 12.8 Å². The van der Waals surface area contributed by atoms with Crippen molar-refractivity contribution in [2.24, 2.45) is 0 Å².